The SMILES string of the molecule is Cc1cccc(-n2c(=O)c3ccccc3n3c(SCC(=O)NC4(C#N)CCCC4)nnc23)c1C. The van der Waals surface area contributed by atoms with Crippen molar-refractivity contribution in [1.29, 1.82) is 5.26 Å². The first-order valence-corrected chi connectivity index (χ1v) is 12.2. The molecule has 2 heterocycles. The standard InChI is InChI=1S/C25H24N6O2S/c1-16-8-7-11-19(17(16)2)30-22(33)18-9-3-4-10-20(18)31-23(30)28-29-24(31)34-14-21(32)27-25(15-26)12-5-6-13-25/h3-4,7-11H,5-6,12-14H2,1-2H3,(H,27,32). The Balaban J connectivity index is 1.58. The number of rotatable bonds is 5. The molecule has 5 rings (SSSR count). The van der Waals surface area contributed by atoms with Gasteiger partial charge in [0.25, 0.3) is 5.56 Å². The summed E-state index contributed by atoms with van der Waals surface area (Å²) in [6.45, 7) is 3.98. The molecule has 0 bridgehead atoms. The summed E-state index contributed by atoms with van der Waals surface area (Å²) >= 11 is 1.24. The van der Waals surface area contributed by atoms with Crippen LogP contribution in [0.3, 0.4) is 0 Å². The number of amides is 1. The van der Waals surface area contributed by atoms with Crippen LogP contribution in [0.4, 0.5) is 0 Å². The van der Waals surface area contributed by atoms with Crippen LogP contribution in [0.2, 0.25) is 0 Å². The minimum atomic E-state index is -0.763. The minimum absolute atomic E-state index is 0.0984. The van der Waals surface area contributed by atoms with Gasteiger partial charge in [0.2, 0.25) is 11.7 Å². The molecule has 2 aromatic heterocycles. The smallest absolute Gasteiger partial charge is 0.267 e. The van der Waals surface area contributed by atoms with E-state index in [0.29, 0.717) is 34.7 Å². The second kappa shape index (κ2) is 8.61. The van der Waals surface area contributed by atoms with Crippen molar-refractivity contribution >= 4 is 34.3 Å². The van der Waals surface area contributed by atoms with Gasteiger partial charge in [-0.15, -0.1) is 10.2 Å². The van der Waals surface area contributed by atoms with Crippen LogP contribution in [-0.2, 0) is 4.79 Å². The molecule has 9 heteroatoms. The molecule has 4 aromatic rings. The Kier molecular flexibility index (Phi) is 5.62. The number of thioether (sulfide) groups is 1. The van der Waals surface area contributed by atoms with Gasteiger partial charge in [-0.25, -0.2) is 4.57 Å². The van der Waals surface area contributed by atoms with Gasteiger partial charge in [-0.05, 0) is 68.9 Å². The Morgan fingerprint density at radius 1 is 1.15 bits per heavy atom. The zero-order valence-corrected chi connectivity index (χ0v) is 19.9. The number of hydrogen-bond donors (Lipinski definition) is 1. The molecular formula is C25H24N6O2S. The predicted octanol–water partition coefficient (Wildman–Crippen LogP) is 3.69. The van der Waals surface area contributed by atoms with Gasteiger partial charge in [0.15, 0.2) is 5.16 Å². The van der Waals surface area contributed by atoms with E-state index in [1.807, 2.05) is 54.6 Å². The third kappa shape index (κ3) is 3.64. The number of benzene rings is 2. The molecule has 1 saturated carbocycles. The van der Waals surface area contributed by atoms with Gasteiger partial charge >= 0.3 is 0 Å². The Hall–Kier alpha value is -3.64. The molecule has 8 nitrogen and oxygen atoms in total. The van der Waals surface area contributed by atoms with Crippen LogP contribution in [0, 0.1) is 25.2 Å². The number of nitrogens with one attached hydrogen (secondary N) is 1. The highest BCUT2D eigenvalue weighted by molar-refractivity contribution is 7.99. The van der Waals surface area contributed by atoms with Crippen LogP contribution in [-0.4, -0.2) is 36.4 Å². The molecule has 1 aliphatic rings. The predicted molar refractivity (Wildman–Crippen MR) is 131 cm³/mol. The second-order valence-electron chi connectivity index (χ2n) is 8.73. The van der Waals surface area contributed by atoms with Crippen molar-refractivity contribution in [2.45, 2.75) is 50.2 Å². The summed E-state index contributed by atoms with van der Waals surface area (Å²) in [5, 5.41) is 22.2. The summed E-state index contributed by atoms with van der Waals surface area (Å²) in [6, 6.07) is 15.4. The Morgan fingerprint density at radius 2 is 1.91 bits per heavy atom. The zero-order chi connectivity index (χ0) is 23.9. The van der Waals surface area contributed by atoms with Crippen LogP contribution in [0.1, 0.15) is 36.8 Å². The molecule has 0 spiro atoms. The summed E-state index contributed by atoms with van der Waals surface area (Å²) in [7, 11) is 0. The van der Waals surface area contributed by atoms with Gasteiger partial charge in [0, 0.05) is 0 Å². The lowest BCUT2D eigenvalue weighted by Gasteiger charge is -2.21. The van der Waals surface area contributed by atoms with E-state index in [9.17, 15) is 14.9 Å². The van der Waals surface area contributed by atoms with Gasteiger partial charge in [-0.2, -0.15) is 5.26 Å². The largest absolute Gasteiger partial charge is 0.337 e. The molecule has 1 N–H and O–H groups in total. The molecule has 0 saturated heterocycles. The monoisotopic (exact) mass is 472 g/mol. The molecule has 0 radical (unpaired) electrons. The van der Waals surface area contributed by atoms with Crippen molar-refractivity contribution in [2.24, 2.45) is 0 Å². The maximum atomic E-state index is 13.5. The number of hydrogen-bond acceptors (Lipinski definition) is 6. The van der Waals surface area contributed by atoms with E-state index in [1.165, 1.54) is 11.8 Å². The number of carbonyl (C=O) groups excluding carboxylic acids is 1. The normalized spacial score (nSPS) is 15.0. The number of para-hydroxylation sites is 1. The third-order valence-corrected chi connectivity index (χ3v) is 7.52. The van der Waals surface area contributed by atoms with E-state index in [2.05, 4.69) is 21.6 Å². The Labute approximate surface area is 200 Å². The first-order valence-electron chi connectivity index (χ1n) is 11.2. The fourth-order valence-corrected chi connectivity index (χ4v) is 5.38. The zero-order valence-electron chi connectivity index (χ0n) is 19.0. The summed E-state index contributed by atoms with van der Waals surface area (Å²) < 4.78 is 3.41. The summed E-state index contributed by atoms with van der Waals surface area (Å²) in [4.78, 5) is 26.2. The highest BCUT2D eigenvalue weighted by Crippen LogP contribution is 2.29. The van der Waals surface area contributed by atoms with E-state index in [4.69, 9.17) is 0 Å². The number of carbonyl (C=O) groups is 1. The highest BCUT2D eigenvalue weighted by Gasteiger charge is 2.35. The molecule has 172 valence electrons. The maximum absolute atomic E-state index is 13.5. The fourth-order valence-electron chi connectivity index (χ4n) is 4.64. The molecule has 34 heavy (non-hydrogen) atoms. The molecular weight excluding hydrogens is 448 g/mol. The van der Waals surface area contributed by atoms with E-state index in [0.717, 1.165) is 29.7 Å². The number of fused-ring (bicyclic) bond motifs is 3. The summed E-state index contributed by atoms with van der Waals surface area (Å²) in [6.07, 6.45) is 3.25. The van der Waals surface area contributed by atoms with Gasteiger partial charge in [-0.3, -0.25) is 14.0 Å². The van der Waals surface area contributed by atoms with Gasteiger partial charge in [-0.1, -0.05) is 36.0 Å². The van der Waals surface area contributed by atoms with Crippen LogP contribution >= 0.6 is 11.8 Å². The maximum Gasteiger partial charge on any atom is 0.267 e. The lowest BCUT2D eigenvalue weighted by molar-refractivity contribution is -0.119. The van der Waals surface area contributed by atoms with E-state index >= 15 is 0 Å². The number of nitrogens with zero attached hydrogens (tertiary/aromatic N) is 5. The Morgan fingerprint density at radius 3 is 2.68 bits per heavy atom. The average Bonchev–Trinajstić information content (AvgIpc) is 3.48. The molecule has 1 amide bonds. The average molecular weight is 473 g/mol. The van der Waals surface area contributed by atoms with E-state index < -0.39 is 5.54 Å². The van der Waals surface area contributed by atoms with Crippen molar-refractivity contribution < 1.29 is 4.79 Å². The van der Waals surface area contributed by atoms with Crippen molar-refractivity contribution in [1.82, 2.24) is 24.5 Å². The number of aromatic nitrogens is 4. The van der Waals surface area contributed by atoms with Crippen molar-refractivity contribution in [3.8, 4) is 11.8 Å². The van der Waals surface area contributed by atoms with Crippen LogP contribution < -0.4 is 10.9 Å². The summed E-state index contributed by atoms with van der Waals surface area (Å²) in [5.74, 6) is 0.281. The topological polar surface area (TPSA) is 105 Å². The van der Waals surface area contributed by atoms with Gasteiger partial charge < -0.3 is 5.32 Å². The molecule has 0 aliphatic heterocycles. The Bertz CT molecular complexity index is 1520. The number of aryl methyl sites for hydroxylation is 1. The second-order valence-corrected chi connectivity index (χ2v) is 9.68. The van der Waals surface area contributed by atoms with Crippen LogP contribution in [0.25, 0.3) is 22.4 Å². The minimum Gasteiger partial charge on any atom is -0.337 e. The van der Waals surface area contributed by atoms with Gasteiger partial charge in [0.1, 0.15) is 5.54 Å². The molecule has 0 unspecified atom stereocenters. The van der Waals surface area contributed by atoms with Crippen LogP contribution in [0.5, 0.6) is 0 Å². The lowest BCUT2D eigenvalue weighted by Crippen LogP contribution is -2.45. The first kappa shape index (κ1) is 22.2. The number of nitriles is 1. The molecule has 1 aliphatic carbocycles. The molecule has 0 atom stereocenters. The van der Waals surface area contributed by atoms with E-state index in [1.54, 1.807) is 10.6 Å². The van der Waals surface area contributed by atoms with E-state index in [-0.39, 0.29) is 17.2 Å². The van der Waals surface area contributed by atoms with Crippen molar-refractivity contribution in [3.05, 3.63) is 63.9 Å². The first-order chi connectivity index (χ1) is 16.4. The van der Waals surface area contributed by atoms with Crippen molar-refractivity contribution in [3.63, 3.8) is 0 Å². The lowest BCUT2D eigenvalue weighted by atomic mass is 10.0. The highest BCUT2D eigenvalue weighted by atomic mass is 32.2. The van der Waals surface area contributed by atoms with Crippen LogP contribution in [0.15, 0.2) is 52.4 Å². The molecule has 1 fully saturated rings. The summed E-state index contributed by atoms with van der Waals surface area (Å²) in [5.41, 5.74) is 2.55. The van der Waals surface area contributed by atoms with Gasteiger partial charge in [0.05, 0.1) is 28.4 Å². The fraction of sp³-hybridized carbons (Fsp3) is 0.320. The quantitative estimate of drug-likeness (QED) is 0.444. The van der Waals surface area contributed by atoms with Crippen molar-refractivity contribution in [2.75, 3.05) is 5.75 Å². The molecule has 2 aromatic carbocycles. The third-order valence-electron chi connectivity index (χ3n) is 6.59.